The second kappa shape index (κ2) is 4.79. The van der Waals surface area contributed by atoms with Crippen LogP contribution in [0.2, 0.25) is 0 Å². The maximum absolute atomic E-state index is 12.1. The van der Waals surface area contributed by atoms with Gasteiger partial charge in [0.15, 0.2) is 5.11 Å². The van der Waals surface area contributed by atoms with Crippen LogP contribution >= 0.6 is 24.0 Å². The molecule has 0 atom stereocenters. The summed E-state index contributed by atoms with van der Waals surface area (Å²) in [6.07, 6.45) is 0. The third-order valence-corrected chi connectivity index (χ3v) is 2.28. The van der Waals surface area contributed by atoms with E-state index in [1.54, 1.807) is 0 Å². The fourth-order valence-electron chi connectivity index (χ4n) is 0.945. The SMILES string of the molecule is NC(=S)Nc1cc(SC(F)(F)F)ccc1O. The Morgan fingerprint density at radius 1 is 1.44 bits per heavy atom. The Labute approximate surface area is 98.8 Å². The number of hydrogen-bond donors (Lipinski definition) is 3. The molecular weight excluding hydrogens is 261 g/mol. The first kappa shape index (κ1) is 12.9. The van der Waals surface area contributed by atoms with Gasteiger partial charge in [0.05, 0.1) is 5.69 Å². The molecule has 0 aliphatic carbocycles. The van der Waals surface area contributed by atoms with Crippen LogP contribution in [0.3, 0.4) is 0 Å². The minimum Gasteiger partial charge on any atom is -0.506 e. The lowest BCUT2D eigenvalue weighted by molar-refractivity contribution is -0.0328. The Bertz CT molecular complexity index is 409. The Morgan fingerprint density at radius 2 is 2.06 bits per heavy atom. The molecule has 0 aliphatic heterocycles. The van der Waals surface area contributed by atoms with Gasteiger partial charge in [-0.15, -0.1) is 0 Å². The summed E-state index contributed by atoms with van der Waals surface area (Å²) in [6, 6.07) is 3.40. The topological polar surface area (TPSA) is 58.3 Å². The minimum absolute atomic E-state index is 0.0433. The Morgan fingerprint density at radius 3 is 2.56 bits per heavy atom. The Kier molecular flexibility index (Phi) is 3.87. The second-order valence-corrected chi connectivity index (χ2v) is 4.29. The number of benzene rings is 1. The molecule has 88 valence electrons. The van der Waals surface area contributed by atoms with Crippen molar-refractivity contribution in [3.8, 4) is 5.75 Å². The summed E-state index contributed by atoms with van der Waals surface area (Å²) in [6.45, 7) is 0. The average molecular weight is 268 g/mol. The maximum atomic E-state index is 12.1. The van der Waals surface area contributed by atoms with E-state index in [0.29, 0.717) is 0 Å². The molecule has 1 aromatic rings. The van der Waals surface area contributed by atoms with Crippen LogP contribution in [0.4, 0.5) is 18.9 Å². The monoisotopic (exact) mass is 268 g/mol. The van der Waals surface area contributed by atoms with Gasteiger partial charge >= 0.3 is 5.51 Å². The molecular formula is C8H7F3N2OS2. The van der Waals surface area contributed by atoms with Crippen molar-refractivity contribution in [2.75, 3.05) is 5.32 Å². The van der Waals surface area contributed by atoms with E-state index in [9.17, 15) is 18.3 Å². The molecule has 3 nitrogen and oxygen atoms in total. The van der Waals surface area contributed by atoms with Crippen LogP contribution < -0.4 is 11.1 Å². The van der Waals surface area contributed by atoms with Gasteiger partial charge in [-0.2, -0.15) is 13.2 Å². The summed E-state index contributed by atoms with van der Waals surface area (Å²) in [4.78, 5) is -0.0657. The normalized spacial score (nSPS) is 11.2. The van der Waals surface area contributed by atoms with Gasteiger partial charge < -0.3 is 16.2 Å². The van der Waals surface area contributed by atoms with Crippen molar-refractivity contribution in [3.63, 3.8) is 0 Å². The zero-order valence-electron chi connectivity index (χ0n) is 7.71. The van der Waals surface area contributed by atoms with Gasteiger partial charge in [-0.25, -0.2) is 0 Å². The number of halogens is 3. The average Bonchev–Trinajstić information content (AvgIpc) is 2.07. The van der Waals surface area contributed by atoms with Crippen LogP contribution in [0.25, 0.3) is 0 Å². The van der Waals surface area contributed by atoms with E-state index in [1.807, 2.05) is 0 Å². The molecule has 0 heterocycles. The van der Waals surface area contributed by atoms with E-state index >= 15 is 0 Å². The second-order valence-electron chi connectivity index (χ2n) is 2.72. The van der Waals surface area contributed by atoms with Crippen molar-refractivity contribution in [2.24, 2.45) is 5.73 Å². The van der Waals surface area contributed by atoms with Crippen LogP contribution in [0, 0.1) is 0 Å². The standard InChI is InChI=1S/C8H7F3N2OS2/c9-8(10,11)16-4-1-2-6(14)5(3-4)13-7(12)15/h1-3,14H,(H3,12,13,15). The number of phenols is 1. The lowest BCUT2D eigenvalue weighted by Gasteiger charge is -2.10. The number of rotatable bonds is 2. The Balaban J connectivity index is 2.93. The molecule has 4 N–H and O–H groups in total. The van der Waals surface area contributed by atoms with Gasteiger partial charge in [0.1, 0.15) is 5.75 Å². The van der Waals surface area contributed by atoms with Gasteiger partial charge in [0.2, 0.25) is 0 Å². The van der Waals surface area contributed by atoms with E-state index in [4.69, 9.17) is 5.73 Å². The molecule has 0 bridgehead atoms. The molecule has 1 rings (SSSR count). The quantitative estimate of drug-likeness (QED) is 0.437. The molecule has 1 aromatic carbocycles. The number of thioether (sulfide) groups is 1. The zero-order chi connectivity index (χ0) is 12.3. The molecule has 0 aromatic heterocycles. The number of thiocarbonyl (C=S) groups is 1. The molecule has 0 saturated carbocycles. The molecule has 16 heavy (non-hydrogen) atoms. The van der Waals surface area contributed by atoms with Crippen LogP contribution in [0.15, 0.2) is 23.1 Å². The van der Waals surface area contributed by atoms with Gasteiger partial charge in [-0.1, -0.05) is 0 Å². The lowest BCUT2D eigenvalue weighted by Crippen LogP contribution is -2.18. The molecule has 0 spiro atoms. The molecule has 0 aliphatic rings. The summed E-state index contributed by atoms with van der Waals surface area (Å²) in [5.41, 5.74) is 0.817. The van der Waals surface area contributed by atoms with Gasteiger partial charge in [-0.05, 0) is 42.2 Å². The number of phenolic OH excluding ortho intramolecular Hbond substituents is 1. The lowest BCUT2D eigenvalue weighted by atomic mass is 10.3. The maximum Gasteiger partial charge on any atom is 0.446 e. The third-order valence-electron chi connectivity index (χ3n) is 1.46. The highest BCUT2D eigenvalue weighted by Crippen LogP contribution is 2.39. The highest BCUT2D eigenvalue weighted by molar-refractivity contribution is 8.00. The van der Waals surface area contributed by atoms with Crippen molar-refractivity contribution in [1.82, 2.24) is 0 Å². The van der Waals surface area contributed by atoms with Crippen LogP contribution in [-0.2, 0) is 0 Å². The predicted octanol–water partition coefficient (Wildman–Crippen LogP) is 2.66. The number of alkyl halides is 3. The number of nitrogens with two attached hydrogens (primary N) is 1. The number of nitrogens with one attached hydrogen (secondary N) is 1. The van der Waals surface area contributed by atoms with Crippen LogP contribution in [0.1, 0.15) is 0 Å². The molecule has 0 saturated heterocycles. The smallest absolute Gasteiger partial charge is 0.446 e. The largest absolute Gasteiger partial charge is 0.506 e. The molecule has 0 unspecified atom stereocenters. The predicted molar refractivity (Wildman–Crippen MR) is 60.4 cm³/mol. The molecule has 0 fully saturated rings. The fraction of sp³-hybridized carbons (Fsp3) is 0.125. The van der Waals surface area contributed by atoms with Crippen LogP contribution in [0.5, 0.6) is 5.75 Å². The highest BCUT2D eigenvalue weighted by atomic mass is 32.2. The van der Waals surface area contributed by atoms with Gasteiger partial charge in [-0.3, -0.25) is 0 Å². The van der Waals surface area contributed by atoms with Crippen molar-refractivity contribution < 1.29 is 18.3 Å². The Hall–Kier alpha value is -1.15. The minimum atomic E-state index is -4.38. The third kappa shape index (κ3) is 4.15. The number of hydrogen-bond acceptors (Lipinski definition) is 3. The molecule has 8 heteroatoms. The summed E-state index contributed by atoms with van der Waals surface area (Å²) in [5, 5.41) is 11.6. The zero-order valence-corrected chi connectivity index (χ0v) is 9.34. The summed E-state index contributed by atoms with van der Waals surface area (Å²) >= 11 is 4.23. The molecule has 0 radical (unpaired) electrons. The van der Waals surface area contributed by atoms with Crippen LogP contribution in [-0.4, -0.2) is 15.7 Å². The number of anilines is 1. The molecule has 0 amide bonds. The van der Waals surface area contributed by atoms with E-state index < -0.39 is 5.51 Å². The summed E-state index contributed by atoms with van der Waals surface area (Å²) in [7, 11) is 0. The first-order valence-electron chi connectivity index (χ1n) is 3.93. The highest BCUT2D eigenvalue weighted by Gasteiger charge is 2.29. The van der Waals surface area contributed by atoms with E-state index in [1.165, 1.54) is 0 Å². The number of aromatic hydroxyl groups is 1. The first-order valence-corrected chi connectivity index (χ1v) is 5.15. The van der Waals surface area contributed by atoms with Crippen molar-refractivity contribution >= 4 is 34.8 Å². The van der Waals surface area contributed by atoms with E-state index in [0.717, 1.165) is 18.2 Å². The van der Waals surface area contributed by atoms with E-state index in [-0.39, 0.29) is 33.2 Å². The van der Waals surface area contributed by atoms with Crippen molar-refractivity contribution in [1.29, 1.82) is 0 Å². The van der Waals surface area contributed by atoms with Gasteiger partial charge in [0, 0.05) is 4.90 Å². The van der Waals surface area contributed by atoms with E-state index in [2.05, 4.69) is 17.5 Å². The van der Waals surface area contributed by atoms with Crippen molar-refractivity contribution in [3.05, 3.63) is 18.2 Å². The van der Waals surface area contributed by atoms with Gasteiger partial charge in [0.25, 0.3) is 0 Å². The van der Waals surface area contributed by atoms with Crippen molar-refractivity contribution in [2.45, 2.75) is 10.4 Å². The first-order chi connectivity index (χ1) is 7.28. The summed E-state index contributed by atoms with van der Waals surface area (Å²) in [5.74, 6) is -0.223. The fourth-order valence-corrected chi connectivity index (χ4v) is 1.64. The summed E-state index contributed by atoms with van der Waals surface area (Å²) < 4.78 is 36.2.